The van der Waals surface area contributed by atoms with Gasteiger partial charge in [-0.15, -0.1) is 0 Å². The maximum absolute atomic E-state index is 12.0. The molecule has 1 aliphatic rings. The smallest absolute Gasteiger partial charge is 0.269 e. The number of aromatic nitrogens is 3. The van der Waals surface area contributed by atoms with Crippen molar-refractivity contribution in [3.63, 3.8) is 0 Å². The molecule has 0 radical (unpaired) electrons. The second kappa shape index (κ2) is 6.78. The molecule has 0 saturated carbocycles. The molecule has 0 bridgehead atoms. The molecule has 138 valence electrons. The summed E-state index contributed by atoms with van der Waals surface area (Å²) in [7, 11) is 3.42. The molecule has 1 aliphatic heterocycles. The number of nitrogens with two attached hydrogens (primary N) is 1. The fourth-order valence-corrected chi connectivity index (χ4v) is 3.22. The van der Waals surface area contributed by atoms with Gasteiger partial charge in [-0.3, -0.25) is 14.3 Å². The molecule has 8 nitrogen and oxygen atoms in total. The summed E-state index contributed by atoms with van der Waals surface area (Å²) in [5.41, 5.74) is 8.33. The van der Waals surface area contributed by atoms with Gasteiger partial charge in [0, 0.05) is 57.1 Å². The number of pyridine rings is 1. The van der Waals surface area contributed by atoms with Gasteiger partial charge in [-0.05, 0) is 26.0 Å². The maximum Gasteiger partial charge on any atom is 0.269 e. The van der Waals surface area contributed by atoms with Crippen LogP contribution in [0.4, 0.5) is 5.82 Å². The van der Waals surface area contributed by atoms with E-state index in [1.54, 1.807) is 26.4 Å². The predicted octanol–water partition coefficient (Wildman–Crippen LogP) is 1.22. The third kappa shape index (κ3) is 3.14. The van der Waals surface area contributed by atoms with E-state index in [4.69, 9.17) is 5.73 Å². The number of hydrogen-bond donors (Lipinski definition) is 1. The van der Waals surface area contributed by atoms with Crippen molar-refractivity contribution in [2.24, 2.45) is 5.73 Å². The van der Waals surface area contributed by atoms with Crippen molar-refractivity contribution in [3.8, 4) is 0 Å². The lowest BCUT2D eigenvalue weighted by Crippen LogP contribution is -2.33. The van der Waals surface area contributed by atoms with Gasteiger partial charge in [-0.2, -0.15) is 5.10 Å². The minimum atomic E-state index is -0.512. The molecule has 0 spiro atoms. The minimum absolute atomic E-state index is 0.0841. The van der Waals surface area contributed by atoms with Crippen molar-refractivity contribution in [2.75, 3.05) is 25.5 Å². The summed E-state index contributed by atoms with van der Waals surface area (Å²) < 4.78 is 1.89. The Morgan fingerprint density at radius 2 is 2.00 bits per heavy atom. The molecule has 3 rings (SSSR count). The molecular formula is C18H24N6O2. The molecule has 26 heavy (non-hydrogen) atoms. The van der Waals surface area contributed by atoms with E-state index in [1.165, 1.54) is 4.90 Å². The SMILES string of the molecule is CC(C)n1nc(C(N)=O)c2c1CCN(c1ccc(C(=O)N(C)C)cn1)C2. The monoisotopic (exact) mass is 356 g/mol. The predicted molar refractivity (Wildman–Crippen MR) is 98.1 cm³/mol. The standard InChI is InChI=1S/C18H24N6O2/c1-11(2)24-14-7-8-23(10-13(14)16(21-24)17(19)25)15-6-5-12(9-20-15)18(26)22(3)4/h5-6,9,11H,7-8,10H2,1-4H3,(H2,19,25). The second-order valence-electron chi connectivity index (χ2n) is 6.95. The molecule has 0 aromatic carbocycles. The summed E-state index contributed by atoms with van der Waals surface area (Å²) in [4.78, 5) is 31.8. The van der Waals surface area contributed by atoms with Gasteiger partial charge in [0.15, 0.2) is 5.69 Å². The highest BCUT2D eigenvalue weighted by Crippen LogP contribution is 2.27. The maximum atomic E-state index is 12.0. The average Bonchev–Trinajstić information content (AvgIpc) is 3.00. The summed E-state index contributed by atoms with van der Waals surface area (Å²) in [6, 6.07) is 3.77. The average molecular weight is 356 g/mol. The molecule has 0 unspecified atom stereocenters. The Kier molecular flexibility index (Phi) is 4.67. The number of hydrogen-bond acceptors (Lipinski definition) is 5. The van der Waals surface area contributed by atoms with Crippen LogP contribution >= 0.6 is 0 Å². The Bertz CT molecular complexity index is 838. The van der Waals surface area contributed by atoms with Crippen molar-refractivity contribution in [1.29, 1.82) is 0 Å². The van der Waals surface area contributed by atoms with Crippen molar-refractivity contribution < 1.29 is 9.59 Å². The van der Waals surface area contributed by atoms with Gasteiger partial charge < -0.3 is 15.5 Å². The zero-order valence-electron chi connectivity index (χ0n) is 15.6. The van der Waals surface area contributed by atoms with E-state index in [0.717, 1.165) is 30.0 Å². The molecule has 0 aliphatic carbocycles. The quantitative estimate of drug-likeness (QED) is 0.888. The lowest BCUT2D eigenvalue weighted by molar-refractivity contribution is 0.0827. The van der Waals surface area contributed by atoms with Crippen LogP contribution < -0.4 is 10.6 Å². The number of anilines is 1. The van der Waals surface area contributed by atoms with E-state index in [2.05, 4.69) is 15.0 Å². The first-order valence-electron chi connectivity index (χ1n) is 8.62. The Morgan fingerprint density at radius 1 is 1.27 bits per heavy atom. The number of carbonyl (C=O) groups is 2. The van der Waals surface area contributed by atoms with Crippen LogP contribution in [0.15, 0.2) is 18.3 Å². The fraction of sp³-hybridized carbons (Fsp3) is 0.444. The summed E-state index contributed by atoms with van der Waals surface area (Å²) in [6.07, 6.45) is 2.34. The number of primary amides is 1. The number of carbonyl (C=O) groups excluding carboxylic acids is 2. The largest absolute Gasteiger partial charge is 0.364 e. The Hall–Kier alpha value is -2.90. The molecule has 0 fully saturated rings. The zero-order chi connectivity index (χ0) is 19.0. The van der Waals surface area contributed by atoms with Gasteiger partial charge in [-0.25, -0.2) is 4.98 Å². The molecule has 2 aromatic rings. The lowest BCUT2D eigenvalue weighted by Gasteiger charge is -2.29. The highest BCUT2D eigenvalue weighted by atomic mass is 16.2. The van der Waals surface area contributed by atoms with Crippen molar-refractivity contribution >= 4 is 17.6 Å². The topological polar surface area (TPSA) is 97.3 Å². The zero-order valence-corrected chi connectivity index (χ0v) is 15.6. The van der Waals surface area contributed by atoms with Crippen LogP contribution in [-0.4, -0.2) is 52.1 Å². The third-order valence-corrected chi connectivity index (χ3v) is 4.53. The molecule has 2 amide bonds. The van der Waals surface area contributed by atoms with Crippen LogP contribution in [0.2, 0.25) is 0 Å². The van der Waals surface area contributed by atoms with E-state index in [0.29, 0.717) is 17.8 Å². The first-order valence-corrected chi connectivity index (χ1v) is 8.62. The van der Waals surface area contributed by atoms with Crippen LogP contribution in [0.3, 0.4) is 0 Å². The Morgan fingerprint density at radius 3 is 2.54 bits per heavy atom. The first-order chi connectivity index (χ1) is 12.3. The van der Waals surface area contributed by atoms with Gasteiger partial charge in [0.2, 0.25) is 0 Å². The lowest BCUT2D eigenvalue weighted by atomic mass is 10.0. The summed E-state index contributed by atoms with van der Waals surface area (Å²) in [6.45, 7) is 5.35. The molecule has 2 N–H and O–H groups in total. The summed E-state index contributed by atoms with van der Waals surface area (Å²) in [5.74, 6) is 0.167. The highest BCUT2D eigenvalue weighted by molar-refractivity contribution is 5.94. The summed E-state index contributed by atoms with van der Waals surface area (Å²) >= 11 is 0. The number of amides is 2. The third-order valence-electron chi connectivity index (χ3n) is 4.53. The number of fused-ring (bicyclic) bond motifs is 1. The van der Waals surface area contributed by atoms with E-state index in [-0.39, 0.29) is 11.9 Å². The van der Waals surface area contributed by atoms with E-state index in [1.807, 2.05) is 24.6 Å². The van der Waals surface area contributed by atoms with Gasteiger partial charge >= 0.3 is 0 Å². The summed E-state index contributed by atoms with van der Waals surface area (Å²) in [5, 5.41) is 4.42. The molecule has 2 aromatic heterocycles. The van der Waals surface area contributed by atoms with Gasteiger partial charge in [0.1, 0.15) is 5.82 Å². The van der Waals surface area contributed by atoms with E-state index in [9.17, 15) is 9.59 Å². The Balaban J connectivity index is 1.88. The normalized spacial score (nSPS) is 13.7. The number of nitrogens with zero attached hydrogens (tertiary/aromatic N) is 5. The van der Waals surface area contributed by atoms with Gasteiger partial charge in [-0.1, -0.05) is 0 Å². The van der Waals surface area contributed by atoms with E-state index < -0.39 is 5.91 Å². The van der Waals surface area contributed by atoms with Crippen molar-refractivity contribution in [3.05, 3.63) is 40.8 Å². The second-order valence-corrected chi connectivity index (χ2v) is 6.95. The van der Waals surface area contributed by atoms with Crippen molar-refractivity contribution in [1.82, 2.24) is 19.7 Å². The van der Waals surface area contributed by atoms with Crippen LogP contribution in [0, 0.1) is 0 Å². The van der Waals surface area contributed by atoms with Gasteiger partial charge in [0.05, 0.1) is 5.56 Å². The van der Waals surface area contributed by atoms with Crippen LogP contribution in [-0.2, 0) is 13.0 Å². The highest BCUT2D eigenvalue weighted by Gasteiger charge is 2.28. The minimum Gasteiger partial charge on any atom is -0.364 e. The van der Waals surface area contributed by atoms with Crippen LogP contribution in [0.25, 0.3) is 0 Å². The Labute approximate surface area is 152 Å². The molecular weight excluding hydrogens is 332 g/mol. The number of rotatable bonds is 4. The molecule has 8 heteroatoms. The molecule has 0 atom stereocenters. The first kappa shape index (κ1) is 17.9. The van der Waals surface area contributed by atoms with Gasteiger partial charge in [0.25, 0.3) is 11.8 Å². The fourth-order valence-electron chi connectivity index (χ4n) is 3.22. The molecule has 3 heterocycles. The molecule has 0 saturated heterocycles. The van der Waals surface area contributed by atoms with E-state index >= 15 is 0 Å². The van der Waals surface area contributed by atoms with Crippen LogP contribution in [0.5, 0.6) is 0 Å². The van der Waals surface area contributed by atoms with Crippen LogP contribution in [0.1, 0.15) is 52.0 Å². The van der Waals surface area contributed by atoms with Crippen molar-refractivity contribution in [2.45, 2.75) is 32.9 Å².